The Morgan fingerprint density at radius 2 is 1.90 bits per heavy atom. The van der Waals surface area contributed by atoms with Gasteiger partial charge < -0.3 is 29.7 Å². The Kier molecular flexibility index (Phi) is 9.76. The summed E-state index contributed by atoms with van der Waals surface area (Å²) in [5, 5.41) is 16.0. The first kappa shape index (κ1) is 30.0. The van der Waals surface area contributed by atoms with Crippen LogP contribution in [0.2, 0.25) is 0 Å². The molecule has 1 unspecified atom stereocenters. The van der Waals surface area contributed by atoms with Crippen LogP contribution in [0.5, 0.6) is 5.75 Å². The number of alkyl halides is 3. The first-order chi connectivity index (χ1) is 20.3. The second kappa shape index (κ2) is 13.7. The number of hydrogen-bond donors (Lipinski definition) is 2. The number of fused-ring (bicyclic) bond motifs is 2. The molecule has 8 nitrogen and oxygen atoms in total. The van der Waals surface area contributed by atoms with Crippen molar-refractivity contribution < 1.29 is 32.5 Å². The number of alkyl carbamates (subject to hydrolysis) is 1. The van der Waals surface area contributed by atoms with Gasteiger partial charge in [-0.25, -0.2) is 4.79 Å². The van der Waals surface area contributed by atoms with Crippen LogP contribution >= 0.6 is 11.3 Å². The number of ether oxygens (including phenoxy) is 2. The van der Waals surface area contributed by atoms with Gasteiger partial charge in [0.2, 0.25) is 0 Å². The maximum atomic E-state index is 12.3. The molecule has 2 aliphatic heterocycles. The van der Waals surface area contributed by atoms with Crippen LogP contribution in [-0.4, -0.2) is 81.1 Å². The standard InChI is InChI=1S/C30H35F3N4O4S/c31-30(32,33)11-12-34-29(39)41-21-37-26-20-23(8-6-22(26)7-9-28(37)38)40-18-2-1-13-35-14-16-36(17-15-35)25-4-3-5-27-24(25)10-19-42-27/h3-10,19-20,28,38H,1-2,11-18,21H2,(H,34,39). The minimum Gasteiger partial charge on any atom is -0.494 e. The minimum atomic E-state index is -4.37. The highest BCUT2D eigenvalue weighted by Crippen LogP contribution is 2.33. The van der Waals surface area contributed by atoms with E-state index in [9.17, 15) is 23.1 Å². The fraction of sp³-hybridized carbons (Fsp3) is 0.433. The molecule has 0 saturated carbocycles. The molecule has 0 aliphatic carbocycles. The van der Waals surface area contributed by atoms with Crippen molar-refractivity contribution in [1.82, 2.24) is 10.2 Å². The number of piperazine rings is 1. The zero-order valence-electron chi connectivity index (χ0n) is 23.2. The first-order valence-corrected chi connectivity index (χ1v) is 15.0. The van der Waals surface area contributed by atoms with Crippen molar-refractivity contribution in [3.63, 3.8) is 0 Å². The average molecular weight is 605 g/mol. The summed E-state index contributed by atoms with van der Waals surface area (Å²) in [7, 11) is 0. The van der Waals surface area contributed by atoms with Gasteiger partial charge in [-0.05, 0) is 66.7 Å². The number of nitrogens with one attached hydrogen (secondary N) is 1. The Morgan fingerprint density at radius 1 is 1.07 bits per heavy atom. The number of thiophene rings is 1. The van der Waals surface area contributed by atoms with E-state index in [1.807, 2.05) is 12.1 Å². The summed E-state index contributed by atoms with van der Waals surface area (Å²) < 4.78 is 49.2. The van der Waals surface area contributed by atoms with Crippen LogP contribution in [0.25, 0.3) is 16.2 Å². The van der Waals surface area contributed by atoms with Crippen LogP contribution in [0.3, 0.4) is 0 Å². The largest absolute Gasteiger partial charge is 0.494 e. The third-order valence-electron chi connectivity index (χ3n) is 7.41. The second-order valence-corrected chi connectivity index (χ2v) is 11.3. The van der Waals surface area contributed by atoms with Crippen molar-refractivity contribution in [1.29, 1.82) is 0 Å². The summed E-state index contributed by atoms with van der Waals surface area (Å²) in [6.07, 6.45) is -2.38. The smallest absolute Gasteiger partial charge is 0.408 e. The molecule has 3 aromatic rings. The van der Waals surface area contributed by atoms with Crippen LogP contribution in [0.4, 0.5) is 29.3 Å². The van der Waals surface area contributed by atoms with Crippen LogP contribution in [-0.2, 0) is 4.74 Å². The number of amides is 1. The summed E-state index contributed by atoms with van der Waals surface area (Å²) >= 11 is 1.78. The molecule has 5 rings (SSSR count). The SMILES string of the molecule is O=C(NCCC(F)(F)F)OCN1c2cc(OCCCCN3CCN(c4cccc5sccc45)CC3)ccc2C=CC1O. The molecule has 0 spiro atoms. The molecule has 12 heteroatoms. The van der Waals surface area contributed by atoms with E-state index in [-0.39, 0.29) is 6.73 Å². The van der Waals surface area contributed by atoms with Crippen molar-refractivity contribution in [2.24, 2.45) is 0 Å². The van der Waals surface area contributed by atoms with Crippen molar-refractivity contribution in [3.8, 4) is 5.75 Å². The fourth-order valence-corrected chi connectivity index (χ4v) is 5.97. The quantitative estimate of drug-likeness (QED) is 0.273. The topological polar surface area (TPSA) is 77.5 Å². The number of anilines is 2. The Balaban J connectivity index is 1.03. The molecule has 1 saturated heterocycles. The number of rotatable bonds is 11. The van der Waals surface area contributed by atoms with E-state index in [0.29, 0.717) is 18.0 Å². The summed E-state index contributed by atoms with van der Waals surface area (Å²) in [5.41, 5.74) is 2.72. The van der Waals surface area contributed by atoms with Crippen molar-refractivity contribution >= 4 is 45.0 Å². The third-order valence-corrected chi connectivity index (χ3v) is 8.30. The molecule has 1 aromatic heterocycles. The van der Waals surface area contributed by atoms with Gasteiger partial charge in [0, 0.05) is 54.6 Å². The molecule has 0 radical (unpaired) electrons. The van der Waals surface area contributed by atoms with Crippen LogP contribution in [0.1, 0.15) is 24.8 Å². The molecule has 3 heterocycles. The number of nitrogens with zero attached hydrogens (tertiary/aromatic N) is 3. The molecule has 1 amide bonds. The maximum Gasteiger partial charge on any atom is 0.408 e. The second-order valence-electron chi connectivity index (χ2n) is 10.3. The van der Waals surface area contributed by atoms with E-state index in [1.54, 1.807) is 23.5 Å². The summed E-state index contributed by atoms with van der Waals surface area (Å²) in [6.45, 7) is 4.71. The summed E-state index contributed by atoms with van der Waals surface area (Å²) in [5.74, 6) is 0.618. The number of carbonyl (C=O) groups is 1. The average Bonchev–Trinajstić information content (AvgIpc) is 3.45. The molecule has 2 aliphatic rings. The predicted octanol–water partition coefficient (Wildman–Crippen LogP) is 5.67. The lowest BCUT2D eigenvalue weighted by Crippen LogP contribution is -2.46. The molecule has 0 bridgehead atoms. The predicted molar refractivity (Wildman–Crippen MR) is 159 cm³/mol. The van der Waals surface area contributed by atoms with Crippen LogP contribution < -0.4 is 19.9 Å². The molecule has 2 N–H and O–H groups in total. The zero-order valence-corrected chi connectivity index (χ0v) is 24.0. The first-order valence-electron chi connectivity index (χ1n) is 14.1. The highest BCUT2D eigenvalue weighted by Gasteiger charge is 2.27. The number of benzene rings is 2. The van der Waals surface area contributed by atoms with Gasteiger partial charge >= 0.3 is 12.3 Å². The van der Waals surface area contributed by atoms with Gasteiger partial charge in [0.15, 0.2) is 6.73 Å². The van der Waals surface area contributed by atoms with Crippen LogP contribution in [0, 0.1) is 0 Å². The number of carbonyl (C=O) groups excluding carboxylic acids is 1. The monoisotopic (exact) mass is 604 g/mol. The van der Waals surface area contributed by atoms with Crippen molar-refractivity contribution in [2.45, 2.75) is 31.7 Å². The Morgan fingerprint density at radius 3 is 2.71 bits per heavy atom. The Labute approximate surface area is 246 Å². The molecular weight excluding hydrogens is 569 g/mol. The van der Waals surface area contributed by atoms with Gasteiger partial charge in [0.25, 0.3) is 0 Å². The van der Waals surface area contributed by atoms with E-state index in [2.05, 4.69) is 44.8 Å². The highest BCUT2D eigenvalue weighted by atomic mass is 32.1. The van der Waals surface area contributed by atoms with Gasteiger partial charge in [-0.1, -0.05) is 12.1 Å². The Bertz CT molecular complexity index is 1370. The van der Waals surface area contributed by atoms with E-state index in [4.69, 9.17) is 9.47 Å². The number of halogens is 3. The van der Waals surface area contributed by atoms with Gasteiger partial charge in [-0.15, -0.1) is 11.3 Å². The van der Waals surface area contributed by atoms with Gasteiger partial charge in [0.1, 0.15) is 12.0 Å². The molecule has 42 heavy (non-hydrogen) atoms. The van der Waals surface area contributed by atoms with Crippen LogP contribution in [0.15, 0.2) is 53.9 Å². The summed E-state index contributed by atoms with van der Waals surface area (Å²) in [6, 6.07) is 14.2. The lowest BCUT2D eigenvalue weighted by atomic mass is 10.1. The minimum absolute atomic E-state index is 0.338. The third kappa shape index (κ3) is 7.87. The van der Waals surface area contributed by atoms with Gasteiger partial charge in [-0.3, -0.25) is 4.90 Å². The van der Waals surface area contributed by atoms with Gasteiger partial charge in [-0.2, -0.15) is 13.2 Å². The molecule has 226 valence electrons. The molecule has 2 aromatic carbocycles. The van der Waals surface area contributed by atoms with E-state index >= 15 is 0 Å². The molecule has 1 fully saturated rings. The summed E-state index contributed by atoms with van der Waals surface area (Å²) in [4.78, 5) is 18.2. The van der Waals surface area contributed by atoms with E-state index in [0.717, 1.165) is 51.1 Å². The lowest BCUT2D eigenvalue weighted by Gasteiger charge is -2.36. The fourth-order valence-electron chi connectivity index (χ4n) is 5.16. The molecule has 1 atom stereocenters. The number of aliphatic hydroxyl groups is 1. The van der Waals surface area contributed by atoms with Crippen molar-refractivity contribution in [3.05, 3.63) is 59.5 Å². The zero-order chi connectivity index (χ0) is 29.5. The Hall–Kier alpha value is -3.48. The normalized spacial score (nSPS) is 17.4. The highest BCUT2D eigenvalue weighted by molar-refractivity contribution is 7.17. The van der Waals surface area contributed by atoms with Crippen molar-refractivity contribution in [2.75, 3.05) is 62.4 Å². The number of aliphatic hydroxyl groups excluding tert-OH is 1. The van der Waals surface area contributed by atoms with E-state index in [1.165, 1.54) is 26.7 Å². The maximum absolute atomic E-state index is 12.3. The van der Waals surface area contributed by atoms with Gasteiger partial charge in [0.05, 0.1) is 18.7 Å². The number of unbranched alkanes of at least 4 members (excludes halogenated alkanes) is 1. The number of hydrogen-bond acceptors (Lipinski definition) is 8. The molecular formula is C30H35F3N4O4S. The van der Waals surface area contributed by atoms with E-state index < -0.39 is 31.5 Å². The lowest BCUT2D eigenvalue weighted by molar-refractivity contribution is -0.133.